The molecule has 1 amide bonds. The van der Waals surface area contributed by atoms with Crippen molar-refractivity contribution in [3.63, 3.8) is 0 Å². The van der Waals surface area contributed by atoms with Crippen LogP contribution in [0.15, 0.2) is 0 Å². The predicted octanol–water partition coefficient (Wildman–Crippen LogP) is 2.19. The summed E-state index contributed by atoms with van der Waals surface area (Å²) in [7, 11) is 0. The molecule has 0 bridgehead atoms. The van der Waals surface area contributed by atoms with Gasteiger partial charge in [0, 0.05) is 6.92 Å². The molecule has 1 saturated heterocycles. The number of hydrogen-bond acceptors (Lipinski definition) is 1. The van der Waals surface area contributed by atoms with Gasteiger partial charge in [-0.15, -0.1) is 0 Å². The SMILES string of the molecule is CCC[C@H]1[C@H](CCC)N1C(C)=O. The Hall–Kier alpha value is -0.530. The molecule has 1 heterocycles. The molecular weight excluding hydrogens is 150 g/mol. The lowest BCUT2D eigenvalue weighted by atomic mass is 10.1. The molecule has 0 aliphatic carbocycles. The minimum atomic E-state index is 0.256. The van der Waals surface area contributed by atoms with Crippen molar-refractivity contribution < 1.29 is 4.79 Å². The Kier molecular flexibility index (Phi) is 3.12. The summed E-state index contributed by atoms with van der Waals surface area (Å²) in [6, 6.07) is 1.15. The Balaban J connectivity index is 2.37. The summed E-state index contributed by atoms with van der Waals surface area (Å²) < 4.78 is 0. The first kappa shape index (κ1) is 9.56. The van der Waals surface area contributed by atoms with Gasteiger partial charge in [0.1, 0.15) is 0 Å². The largest absolute Gasteiger partial charge is 0.333 e. The van der Waals surface area contributed by atoms with Gasteiger partial charge in [-0.05, 0) is 12.8 Å². The fourth-order valence-electron chi connectivity index (χ4n) is 2.06. The molecule has 1 fully saturated rings. The second-order valence-corrected chi connectivity index (χ2v) is 3.64. The van der Waals surface area contributed by atoms with E-state index in [0.29, 0.717) is 12.1 Å². The molecule has 0 aromatic carbocycles. The summed E-state index contributed by atoms with van der Waals surface area (Å²) in [5.41, 5.74) is 0. The van der Waals surface area contributed by atoms with Crippen LogP contribution in [-0.2, 0) is 4.79 Å². The minimum Gasteiger partial charge on any atom is -0.333 e. The molecule has 0 unspecified atom stereocenters. The highest BCUT2D eigenvalue weighted by Gasteiger charge is 2.47. The van der Waals surface area contributed by atoms with E-state index in [4.69, 9.17) is 0 Å². The van der Waals surface area contributed by atoms with Gasteiger partial charge >= 0.3 is 0 Å². The number of carbonyl (C=O) groups excluding carboxylic acids is 1. The van der Waals surface area contributed by atoms with Crippen molar-refractivity contribution in [1.82, 2.24) is 4.90 Å². The number of rotatable bonds is 4. The molecule has 2 atom stereocenters. The molecule has 0 N–H and O–H groups in total. The van der Waals surface area contributed by atoms with E-state index >= 15 is 0 Å². The molecule has 2 nitrogen and oxygen atoms in total. The van der Waals surface area contributed by atoms with Gasteiger partial charge in [-0.25, -0.2) is 0 Å². The first-order valence-electron chi connectivity index (χ1n) is 5.01. The van der Waals surface area contributed by atoms with Gasteiger partial charge in [-0.2, -0.15) is 0 Å². The van der Waals surface area contributed by atoms with Crippen molar-refractivity contribution in [2.75, 3.05) is 0 Å². The monoisotopic (exact) mass is 169 g/mol. The molecule has 1 aliphatic heterocycles. The Bertz CT molecular complexity index is 155. The lowest BCUT2D eigenvalue weighted by molar-refractivity contribution is -0.124. The van der Waals surface area contributed by atoms with E-state index in [0.717, 1.165) is 0 Å². The standard InChI is InChI=1S/C10H19NO/c1-4-6-9-10(7-5-2)11(9)8(3)12/h9-10H,4-7H2,1-3H3/t9-,10-/m0/s1. The molecule has 0 aromatic heterocycles. The van der Waals surface area contributed by atoms with E-state index in [2.05, 4.69) is 13.8 Å². The molecule has 0 aromatic rings. The third-order valence-corrected chi connectivity index (χ3v) is 2.60. The zero-order chi connectivity index (χ0) is 9.14. The van der Waals surface area contributed by atoms with Crippen molar-refractivity contribution in [1.29, 1.82) is 0 Å². The zero-order valence-electron chi connectivity index (χ0n) is 8.34. The van der Waals surface area contributed by atoms with Crippen molar-refractivity contribution in [3.8, 4) is 0 Å². The average Bonchev–Trinajstić information content (AvgIpc) is 2.65. The predicted molar refractivity (Wildman–Crippen MR) is 49.9 cm³/mol. The summed E-state index contributed by atoms with van der Waals surface area (Å²) in [6.07, 6.45) is 4.75. The van der Waals surface area contributed by atoms with Crippen LogP contribution >= 0.6 is 0 Å². The van der Waals surface area contributed by atoms with Crippen molar-refractivity contribution >= 4 is 5.91 Å². The van der Waals surface area contributed by atoms with Gasteiger partial charge in [0.15, 0.2) is 0 Å². The van der Waals surface area contributed by atoms with Crippen LogP contribution in [0.2, 0.25) is 0 Å². The summed E-state index contributed by atoms with van der Waals surface area (Å²) in [5.74, 6) is 0.256. The fraction of sp³-hybridized carbons (Fsp3) is 0.900. The lowest BCUT2D eigenvalue weighted by Crippen LogP contribution is -2.09. The highest BCUT2D eigenvalue weighted by Crippen LogP contribution is 2.35. The van der Waals surface area contributed by atoms with Gasteiger partial charge in [0.25, 0.3) is 0 Å². The third kappa shape index (κ3) is 1.79. The maximum Gasteiger partial charge on any atom is 0.220 e. The quantitative estimate of drug-likeness (QED) is 0.591. The van der Waals surface area contributed by atoms with E-state index in [-0.39, 0.29) is 5.91 Å². The number of amides is 1. The molecule has 70 valence electrons. The summed E-state index contributed by atoms with van der Waals surface area (Å²) >= 11 is 0. The molecular formula is C10H19NO. The summed E-state index contributed by atoms with van der Waals surface area (Å²) in [4.78, 5) is 13.1. The smallest absolute Gasteiger partial charge is 0.220 e. The van der Waals surface area contributed by atoms with Gasteiger partial charge in [0.05, 0.1) is 12.1 Å². The van der Waals surface area contributed by atoms with Gasteiger partial charge < -0.3 is 4.90 Å². The van der Waals surface area contributed by atoms with E-state index in [1.807, 2.05) is 4.90 Å². The minimum absolute atomic E-state index is 0.256. The van der Waals surface area contributed by atoms with Crippen LogP contribution in [0.5, 0.6) is 0 Å². The zero-order valence-corrected chi connectivity index (χ0v) is 8.34. The summed E-state index contributed by atoms with van der Waals surface area (Å²) in [5, 5.41) is 0. The number of carbonyl (C=O) groups is 1. The van der Waals surface area contributed by atoms with Crippen LogP contribution in [0, 0.1) is 0 Å². The highest BCUT2D eigenvalue weighted by molar-refractivity contribution is 5.77. The Labute approximate surface area is 74.9 Å². The molecule has 2 heteroatoms. The lowest BCUT2D eigenvalue weighted by Gasteiger charge is -1.97. The average molecular weight is 169 g/mol. The molecule has 12 heavy (non-hydrogen) atoms. The highest BCUT2D eigenvalue weighted by atomic mass is 16.2. The third-order valence-electron chi connectivity index (χ3n) is 2.60. The second-order valence-electron chi connectivity index (χ2n) is 3.64. The van der Waals surface area contributed by atoms with Crippen LogP contribution in [0.4, 0.5) is 0 Å². The second kappa shape index (κ2) is 3.92. The van der Waals surface area contributed by atoms with Gasteiger partial charge in [0.2, 0.25) is 5.91 Å². The molecule has 1 rings (SSSR count). The molecule has 0 saturated carbocycles. The van der Waals surface area contributed by atoms with Crippen LogP contribution in [0.25, 0.3) is 0 Å². The van der Waals surface area contributed by atoms with Crippen LogP contribution < -0.4 is 0 Å². The van der Waals surface area contributed by atoms with E-state index in [1.165, 1.54) is 25.7 Å². The van der Waals surface area contributed by atoms with Gasteiger partial charge in [-0.3, -0.25) is 4.79 Å². The van der Waals surface area contributed by atoms with E-state index < -0.39 is 0 Å². The molecule has 0 radical (unpaired) electrons. The molecule has 1 aliphatic rings. The van der Waals surface area contributed by atoms with Crippen molar-refractivity contribution in [3.05, 3.63) is 0 Å². The van der Waals surface area contributed by atoms with E-state index in [9.17, 15) is 4.79 Å². The Morgan fingerprint density at radius 2 is 1.58 bits per heavy atom. The number of nitrogens with zero attached hydrogens (tertiary/aromatic N) is 1. The normalized spacial score (nSPS) is 27.4. The summed E-state index contributed by atoms with van der Waals surface area (Å²) in [6.45, 7) is 6.04. The van der Waals surface area contributed by atoms with Crippen LogP contribution in [0.1, 0.15) is 46.5 Å². The van der Waals surface area contributed by atoms with Crippen molar-refractivity contribution in [2.24, 2.45) is 0 Å². The van der Waals surface area contributed by atoms with Crippen LogP contribution in [-0.4, -0.2) is 22.9 Å². The topological polar surface area (TPSA) is 20.1 Å². The van der Waals surface area contributed by atoms with Gasteiger partial charge in [-0.1, -0.05) is 26.7 Å². The van der Waals surface area contributed by atoms with E-state index in [1.54, 1.807) is 6.92 Å². The maximum absolute atomic E-state index is 11.1. The van der Waals surface area contributed by atoms with Crippen LogP contribution in [0.3, 0.4) is 0 Å². The first-order chi connectivity index (χ1) is 5.72. The Morgan fingerprint density at radius 1 is 1.17 bits per heavy atom. The first-order valence-corrected chi connectivity index (χ1v) is 5.01. The van der Waals surface area contributed by atoms with Crippen molar-refractivity contribution in [2.45, 2.75) is 58.5 Å². The Morgan fingerprint density at radius 3 is 1.83 bits per heavy atom. The maximum atomic E-state index is 11.1. The molecule has 0 spiro atoms. The number of hydrogen-bond donors (Lipinski definition) is 0. The fourth-order valence-corrected chi connectivity index (χ4v) is 2.06.